The third kappa shape index (κ3) is 6.51. The quantitative estimate of drug-likeness (QED) is 0.400. The van der Waals surface area contributed by atoms with E-state index in [0.717, 1.165) is 45.1 Å². The Labute approximate surface area is 179 Å². The van der Waals surface area contributed by atoms with Gasteiger partial charge >= 0.3 is 0 Å². The highest BCUT2D eigenvalue weighted by molar-refractivity contribution is 14.0. The fourth-order valence-corrected chi connectivity index (χ4v) is 3.55. The van der Waals surface area contributed by atoms with E-state index < -0.39 is 0 Å². The maximum Gasteiger partial charge on any atom is 0.224 e. The van der Waals surface area contributed by atoms with Gasteiger partial charge in [-0.05, 0) is 25.0 Å². The van der Waals surface area contributed by atoms with Crippen LogP contribution in [0, 0.1) is 0 Å². The second-order valence-corrected chi connectivity index (χ2v) is 6.95. The molecule has 2 saturated heterocycles. The summed E-state index contributed by atoms with van der Waals surface area (Å²) in [5, 5.41) is 0. The number of carbonyl (C=O) groups excluding carboxylic acids is 1. The van der Waals surface area contributed by atoms with Gasteiger partial charge in [0.05, 0.1) is 6.54 Å². The van der Waals surface area contributed by atoms with E-state index in [1.165, 1.54) is 25.7 Å². The largest absolute Gasteiger partial charge is 0.370 e. The van der Waals surface area contributed by atoms with Gasteiger partial charge in [0.15, 0.2) is 5.96 Å². The molecule has 1 aromatic rings. The predicted molar refractivity (Wildman–Crippen MR) is 120 cm³/mol. The molecule has 1 aromatic heterocycles. The molecule has 2 aliphatic heterocycles. The van der Waals surface area contributed by atoms with Crippen LogP contribution in [0.4, 0.5) is 5.82 Å². The van der Waals surface area contributed by atoms with Crippen LogP contribution in [0.1, 0.15) is 32.1 Å². The first-order chi connectivity index (χ1) is 12.7. The number of amides is 1. The summed E-state index contributed by atoms with van der Waals surface area (Å²) in [6, 6.07) is 5.92. The lowest BCUT2D eigenvalue weighted by Gasteiger charge is -2.35. The van der Waals surface area contributed by atoms with Crippen LogP contribution in [0.3, 0.4) is 0 Å². The van der Waals surface area contributed by atoms with Crippen molar-refractivity contribution in [3.63, 3.8) is 0 Å². The molecule has 0 unspecified atom stereocenters. The molecule has 7 nitrogen and oxygen atoms in total. The Hall–Kier alpha value is -1.58. The van der Waals surface area contributed by atoms with Gasteiger partial charge < -0.3 is 20.4 Å². The third-order valence-electron chi connectivity index (χ3n) is 5.14. The number of guanidine groups is 1. The molecule has 3 rings (SSSR count). The molecule has 2 N–H and O–H groups in total. The van der Waals surface area contributed by atoms with Crippen molar-refractivity contribution in [1.29, 1.82) is 0 Å². The number of nitrogens with zero attached hydrogens (tertiary/aromatic N) is 5. The number of piperazine rings is 1. The summed E-state index contributed by atoms with van der Waals surface area (Å²) in [6.07, 6.45) is 7.13. The number of aromatic nitrogens is 1. The number of nitrogens with two attached hydrogens (primary N) is 1. The van der Waals surface area contributed by atoms with Crippen molar-refractivity contribution >= 4 is 41.7 Å². The van der Waals surface area contributed by atoms with Crippen LogP contribution >= 0.6 is 24.0 Å². The van der Waals surface area contributed by atoms with Gasteiger partial charge in [-0.2, -0.15) is 0 Å². The van der Waals surface area contributed by atoms with Gasteiger partial charge in [-0.15, -0.1) is 24.0 Å². The summed E-state index contributed by atoms with van der Waals surface area (Å²) in [7, 11) is 0. The van der Waals surface area contributed by atoms with Crippen LogP contribution in [0.25, 0.3) is 0 Å². The first kappa shape index (κ1) is 21.7. The van der Waals surface area contributed by atoms with E-state index >= 15 is 0 Å². The van der Waals surface area contributed by atoms with Crippen LogP contribution in [0.2, 0.25) is 0 Å². The Morgan fingerprint density at radius 2 is 1.70 bits per heavy atom. The highest BCUT2D eigenvalue weighted by atomic mass is 127. The number of hydrogen-bond acceptors (Lipinski definition) is 4. The Kier molecular flexibility index (Phi) is 9.09. The molecule has 0 atom stereocenters. The SMILES string of the molecule is I.NC(=NCCC(=O)N1CCN(c2ccccn2)CC1)N1CCCCCC1. The van der Waals surface area contributed by atoms with Crippen LogP contribution in [0.5, 0.6) is 0 Å². The highest BCUT2D eigenvalue weighted by Gasteiger charge is 2.21. The zero-order chi connectivity index (χ0) is 18.2. The maximum atomic E-state index is 12.4. The summed E-state index contributed by atoms with van der Waals surface area (Å²) in [5.74, 6) is 1.74. The number of pyridine rings is 1. The van der Waals surface area contributed by atoms with E-state index in [1.54, 1.807) is 6.20 Å². The molecule has 2 aliphatic rings. The molecular formula is C19H31IN6O. The van der Waals surface area contributed by atoms with E-state index in [0.29, 0.717) is 18.9 Å². The Morgan fingerprint density at radius 1 is 1.00 bits per heavy atom. The van der Waals surface area contributed by atoms with Crippen LogP contribution in [-0.2, 0) is 4.79 Å². The fraction of sp³-hybridized carbons (Fsp3) is 0.632. The Morgan fingerprint density at radius 3 is 2.33 bits per heavy atom. The Balaban J connectivity index is 0.00000261. The summed E-state index contributed by atoms with van der Waals surface area (Å²) in [6.45, 7) is 5.56. The van der Waals surface area contributed by atoms with E-state index in [-0.39, 0.29) is 29.9 Å². The number of anilines is 1. The van der Waals surface area contributed by atoms with Crippen molar-refractivity contribution in [1.82, 2.24) is 14.8 Å². The van der Waals surface area contributed by atoms with Gasteiger partial charge in [0.2, 0.25) is 5.91 Å². The summed E-state index contributed by atoms with van der Waals surface area (Å²) >= 11 is 0. The summed E-state index contributed by atoms with van der Waals surface area (Å²) in [4.78, 5) is 27.5. The van der Waals surface area contributed by atoms with Gasteiger partial charge in [-0.3, -0.25) is 9.79 Å². The molecular weight excluding hydrogens is 455 g/mol. The van der Waals surface area contributed by atoms with E-state index in [2.05, 4.69) is 19.8 Å². The number of hydrogen-bond donors (Lipinski definition) is 1. The van der Waals surface area contributed by atoms with Crippen LogP contribution in [0.15, 0.2) is 29.4 Å². The van der Waals surface area contributed by atoms with Crippen molar-refractivity contribution < 1.29 is 4.79 Å². The first-order valence-electron chi connectivity index (χ1n) is 9.72. The average molecular weight is 486 g/mol. The predicted octanol–water partition coefficient (Wildman–Crippen LogP) is 1.93. The van der Waals surface area contributed by atoms with Crippen molar-refractivity contribution in [3.05, 3.63) is 24.4 Å². The second-order valence-electron chi connectivity index (χ2n) is 6.95. The molecule has 0 aliphatic carbocycles. The maximum absolute atomic E-state index is 12.4. The van der Waals surface area contributed by atoms with Crippen molar-refractivity contribution in [3.8, 4) is 0 Å². The number of aliphatic imine (C=N–C) groups is 1. The zero-order valence-corrected chi connectivity index (χ0v) is 18.3. The second kappa shape index (κ2) is 11.3. The molecule has 0 saturated carbocycles. The lowest BCUT2D eigenvalue weighted by Crippen LogP contribution is -2.49. The van der Waals surface area contributed by atoms with Crippen LogP contribution < -0.4 is 10.6 Å². The molecule has 150 valence electrons. The normalized spacial score (nSPS) is 18.7. The smallest absolute Gasteiger partial charge is 0.224 e. The van der Waals surface area contributed by atoms with E-state index in [4.69, 9.17) is 5.73 Å². The lowest BCUT2D eigenvalue weighted by atomic mass is 10.2. The molecule has 0 radical (unpaired) electrons. The standard InChI is InChI=1S/C19H30N6O.HI/c20-19(25-11-5-1-2-6-12-25)22-10-8-18(26)24-15-13-23(14-16-24)17-7-3-4-9-21-17;/h3-4,7,9H,1-2,5-6,8,10-16H2,(H2,20,22);1H. The number of carbonyl (C=O) groups is 1. The zero-order valence-electron chi connectivity index (χ0n) is 15.9. The van der Waals surface area contributed by atoms with Crippen LogP contribution in [-0.4, -0.2) is 72.5 Å². The average Bonchev–Trinajstić information content (AvgIpc) is 2.98. The van der Waals surface area contributed by atoms with Crippen molar-refractivity contribution in [2.45, 2.75) is 32.1 Å². The van der Waals surface area contributed by atoms with Gasteiger partial charge in [0, 0.05) is 51.9 Å². The minimum absolute atomic E-state index is 0. The minimum Gasteiger partial charge on any atom is -0.370 e. The van der Waals surface area contributed by atoms with E-state index in [9.17, 15) is 4.79 Å². The summed E-state index contributed by atoms with van der Waals surface area (Å²) < 4.78 is 0. The molecule has 27 heavy (non-hydrogen) atoms. The number of rotatable bonds is 4. The molecule has 0 spiro atoms. The molecule has 0 bridgehead atoms. The fourth-order valence-electron chi connectivity index (χ4n) is 3.55. The number of likely N-dealkylation sites (tertiary alicyclic amines) is 1. The minimum atomic E-state index is 0. The topological polar surface area (TPSA) is 78.1 Å². The lowest BCUT2D eigenvalue weighted by molar-refractivity contribution is -0.131. The van der Waals surface area contributed by atoms with E-state index in [1.807, 2.05) is 23.1 Å². The van der Waals surface area contributed by atoms with Crippen molar-refractivity contribution in [2.24, 2.45) is 10.7 Å². The molecule has 1 amide bonds. The van der Waals surface area contributed by atoms with Crippen molar-refractivity contribution in [2.75, 3.05) is 50.7 Å². The highest BCUT2D eigenvalue weighted by Crippen LogP contribution is 2.13. The summed E-state index contributed by atoms with van der Waals surface area (Å²) in [5.41, 5.74) is 6.10. The Bertz CT molecular complexity index is 595. The monoisotopic (exact) mass is 486 g/mol. The van der Waals surface area contributed by atoms with Gasteiger partial charge in [0.25, 0.3) is 0 Å². The first-order valence-corrected chi connectivity index (χ1v) is 9.72. The van der Waals surface area contributed by atoms with Gasteiger partial charge in [-0.25, -0.2) is 4.98 Å². The third-order valence-corrected chi connectivity index (χ3v) is 5.14. The molecule has 3 heterocycles. The van der Waals surface area contributed by atoms with Gasteiger partial charge in [0.1, 0.15) is 5.82 Å². The number of halogens is 1. The van der Waals surface area contributed by atoms with Gasteiger partial charge in [-0.1, -0.05) is 18.9 Å². The molecule has 2 fully saturated rings. The molecule has 8 heteroatoms. The molecule has 0 aromatic carbocycles.